The van der Waals surface area contributed by atoms with Gasteiger partial charge in [0.25, 0.3) is 0 Å². The van der Waals surface area contributed by atoms with E-state index in [9.17, 15) is 48.3 Å². The van der Waals surface area contributed by atoms with Crippen LogP contribution in [0.4, 0.5) is 39.5 Å². The molecule has 0 unspecified atom stereocenters. The van der Waals surface area contributed by atoms with Gasteiger partial charge in [0, 0.05) is 22.3 Å². The minimum Gasteiger partial charge on any atom is -0.244 e. The molecule has 0 amide bonds. The Balaban J connectivity index is 2.39. The van der Waals surface area contributed by atoms with Crippen LogP contribution in [0.1, 0.15) is 56.2 Å². The molecule has 3 aromatic rings. The standard InChI is InChI=1S/C32H6F9N9/c33-1-18-21(19(2-34)50-20(3-35)49-18)15(8-46)22-23(16(9-47)25-27(36)11(4-42)13(6-44)29(38)31(25)40)24(22)17(10-48)26-28(37)12(5-43)14(7-45)30(39)32(26)41/h1-3H2. The Hall–Kier alpha value is -7.46. The predicted octanol–water partition coefficient (Wildman–Crippen LogP) is 6.45. The average molecular weight is 687 g/mol. The van der Waals surface area contributed by atoms with E-state index in [-0.39, 0.29) is 0 Å². The van der Waals surface area contributed by atoms with E-state index < -0.39 is 145 Å². The highest BCUT2D eigenvalue weighted by Gasteiger charge is 2.45. The van der Waals surface area contributed by atoms with Crippen LogP contribution in [0.15, 0.2) is 16.7 Å². The zero-order valence-corrected chi connectivity index (χ0v) is 24.0. The number of nitriles is 7. The van der Waals surface area contributed by atoms with E-state index in [1.807, 2.05) is 0 Å². The molecule has 0 saturated heterocycles. The molecule has 0 bridgehead atoms. The zero-order valence-electron chi connectivity index (χ0n) is 24.0. The first-order chi connectivity index (χ1) is 23.9. The van der Waals surface area contributed by atoms with Crippen LogP contribution in [-0.2, 0) is 20.0 Å². The summed E-state index contributed by atoms with van der Waals surface area (Å²) >= 11 is 0. The maximum absolute atomic E-state index is 15.6. The van der Waals surface area contributed by atoms with E-state index in [0.29, 0.717) is 0 Å². The summed E-state index contributed by atoms with van der Waals surface area (Å²) in [5.41, 5.74) is -18.9. The van der Waals surface area contributed by atoms with Crippen LogP contribution >= 0.6 is 0 Å². The Labute approximate surface area is 273 Å². The molecule has 50 heavy (non-hydrogen) atoms. The Bertz CT molecular complexity index is 2330. The summed E-state index contributed by atoms with van der Waals surface area (Å²) < 4.78 is 134. The van der Waals surface area contributed by atoms with Crippen molar-refractivity contribution in [3.8, 4) is 42.5 Å². The molecule has 1 heterocycles. The molecule has 1 saturated carbocycles. The summed E-state index contributed by atoms with van der Waals surface area (Å²) in [6, 6.07) is 8.17. The van der Waals surface area contributed by atoms with Crippen molar-refractivity contribution in [3.63, 3.8) is 0 Å². The number of aromatic nitrogens is 2. The van der Waals surface area contributed by atoms with Crippen LogP contribution in [0.5, 0.6) is 0 Å². The average Bonchev–Trinajstić information content (AvgIpc) is 3.84. The number of hydrogen-bond acceptors (Lipinski definition) is 9. The highest BCUT2D eigenvalue weighted by molar-refractivity contribution is 6.12. The third-order valence-electron chi connectivity index (χ3n) is 7.09. The molecule has 2 aromatic carbocycles. The molecule has 1 aliphatic carbocycles. The van der Waals surface area contributed by atoms with Gasteiger partial charge < -0.3 is 0 Å². The van der Waals surface area contributed by atoms with Crippen molar-refractivity contribution in [1.82, 2.24) is 9.97 Å². The van der Waals surface area contributed by atoms with Gasteiger partial charge in [-0.3, -0.25) is 0 Å². The normalized spacial score (nSPS) is 13.4. The molecule has 0 radical (unpaired) electrons. The largest absolute Gasteiger partial charge is 0.244 e. The fourth-order valence-corrected chi connectivity index (χ4v) is 4.98. The number of benzene rings is 2. The molecule has 1 aliphatic rings. The predicted molar refractivity (Wildman–Crippen MR) is 146 cm³/mol. The second kappa shape index (κ2) is 13.7. The van der Waals surface area contributed by atoms with Crippen LogP contribution in [0.2, 0.25) is 0 Å². The first kappa shape index (κ1) is 35.4. The Morgan fingerprint density at radius 2 is 0.720 bits per heavy atom. The lowest BCUT2D eigenvalue weighted by atomic mass is 9.95. The molecule has 4 rings (SSSR count). The number of allylic oxidation sites excluding steroid dienone is 6. The highest BCUT2D eigenvalue weighted by atomic mass is 19.2. The molecule has 0 atom stereocenters. The summed E-state index contributed by atoms with van der Waals surface area (Å²) in [6.45, 7) is -4.81. The Kier molecular flexibility index (Phi) is 9.71. The second-order valence-corrected chi connectivity index (χ2v) is 9.48. The van der Waals surface area contributed by atoms with Crippen LogP contribution < -0.4 is 0 Å². The molecule has 1 aromatic heterocycles. The Morgan fingerprint density at radius 3 is 0.980 bits per heavy atom. The number of halogens is 9. The molecule has 1 fully saturated rings. The van der Waals surface area contributed by atoms with Crippen molar-refractivity contribution in [2.45, 2.75) is 20.0 Å². The topological polar surface area (TPSA) is 192 Å². The fourth-order valence-electron chi connectivity index (χ4n) is 4.98. The summed E-state index contributed by atoms with van der Waals surface area (Å²) in [5, 5.41) is 67.3. The van der Waals surface area contributed by atoms with Crippen LogP contribution in [0, 0.1) is 114 Å². The van der Waals surface area contributed by atoms with E-state index in [0.717, 1.165) is 24.3 Å². The molecular weight excluding hydrogens is 681 g/mol. The summed E-state index contributed by atoms with van der Waals surface area (Å²) in [7, 11) is 0. The van der Waals surface area contributed by atoms with E-state index in [4.69, 9.17) is 10.5 Å². The molecule has 0 spiro atoms. The fraction of sp³-hybridized carbons (Fsp3) is 0.0938. The van der Waals surface area contributed by atoms with Crippen molar-refractivity contribution >= 4 is 16.7 Å². The van der Waals surface area contributed by atoms with Crippen molar-refractivity contribution < 1.29 is 39.5 Å². The number of nitrogens with zero attached hydrogens (tertiary/aromatic N) is 9. The molecule has 0 N–H and O–H groups in total. The number of rotatable bonds is 6. The summed E-state index contributed by atoms with van der Waals surface area (Å²) in [4.78, 5) is 7.02. The Morgan fingerprint density at radius 1 is 0.420 bits per heavy atom. The van der Waals surface area contributed by atoms with Crippen LogP contribution in [-0.4, -0.2) is 9.97 Å². The van der Waals surface area contributed by atoms with Crippen molar-refractivity contribution in [1.29, 1.82) is 36.8 Å². The minimum atomic E-state index is -2.29. The monoisotopic (exact) mass is 687 g/mol. The third-order valence-corrected chi connectivity index (χ3v) is 7.09. The zero-order chi connectivity index (χ0) is 37.2. The van der Waals surface area contributed by atoms with Gasteiger partial charge in [-0.1, -0.05) is 0 Å². The van der Waals surface area contributed by atoms with Gasteiger partial charge >= 0.3 is 0 Å². The van der Waals surface area contributed by atoms with E-state index >= 15 is 17.6 Å². The SMILES string of the molecule is N#CC(=C1C(=C(C#N)c2c(F)c(F)c(C#N)c(C#N)c2F)C1=C(C#N)c1c(F)c(F)c(C#N)c(C#N)c1F)c1c(CF)nc(CF)nc1CF. The third kappa shape index (κ3) is 5.19. The number of alkyl halides is 3. The highest BCUT2D eigenvalue weighted by Crippen LogP contribution is 2.57. The maximum Gasteiger partial charge on any atom is 0.178 e. The van der Waals surface area contributed by atoms with Gasteiger partial charge in [-0.2, -0.15) is 36.8 Å². The lowest BCUT2D eigenvalue weighted by Crippen LogP contribution is -2.08. The second-order valence-electron chi connectivity index (χ2n) is 9.48. The lowest BCUT2D eigenvalue weighted by molar-refractivity contribution is 0.433. The van der Waals surface area contributed by atoms with E-state index in [1.54, 1.807) is 0 Å². The first-order valence-electron chi connectivity index (χ1n) is 13.0. The van der Waals surface area contributed by atoms with Crippen molar-refractivity contribution in [2.75, 3.05) is 0 Å². The molecular formula is C32H6F9N9. The van der Waals surface area contributed by atoms with Gasteiger partial charge in [0.2, 0.25) is 0 Å². The number of hydrogen-bond donors (Lipinski definition) is 0. The molecule has 9 nitrogen and oxygen atoms in total. The van der Waals surface area contributed by atoms with Gasteiger partial charge in [-0.15, -0.1) is 0 Å². The van der Waals surface area contributed by atoms with Gasteiger partial charge in [0.05, 0.1) is 39.2 Å². The van der Waals surface area contributed by atoms with Gasteiger partial charge in [-0.25, -0.2) is 49.5 Å². The lowest BCUT2D eigenvalue weighted by Gasteiger charge is -2.10. The minimum absolute atomic E-state index is 0.781. The molecule has 242 valence electrons. The van der Waals surface area contributed by atoms with Crippen LogP contribution in [0.3, 0.4) is 0 Å². The molecule has 0 aliphatic heterocycles. The van der Waals surface area contributed by atoms with E-state index in [2.05, 4.69) is 9.97 Å². The van der Waals surface area contributed by atoms with Gasteiger partial charge in [-0.05, 0) is 0 Å². The van der Waals surface area contributed by atoms with Crippen molar-refractivity contribution in [3.05, 3.63) is 108 Å². The van der Waals surface area contributed by atoms with Crippen molar-refractivity contribution in [2.24, 2.45) is 0 Å². The molecule has 18 heteroatoms. The summed E-state index contributed by atoms with van der Waals surface area (Å²) in [5.74, 6) is -13.8. The van der Waals surface area contributed by atoms with E-state index in [1.165, 1.54) is 18.2 Å². The van der Waals surface area contributed by atoms with Gasteiger partial charge in [0.1, 0.15) is 84.8 Å². The summed E-state index contributed by atoms with van der Waals surface area (Å²) in [6.07, 6.45) is 0. The first-order valence-corrected chi connectivity index (χ1v) is 13.0. The van der Waals surface area contributed by atoms with Gasteiger partial charge in [0.15, 0.2) is 40.7 Å². The quantitative estimate of drug-likeness (QED) is 0.159. The smallest absolute Gasteiger partial charge is 0.178 e. The van der Waals surface area contributed by atoms with Crippen LogP contribution in [0.25, 0.3) is 16.7 Å². The maximum atomic E-state index is 15.6.